The number of hydrogen-bond donors (Lipinski definition) is 2. The summed E-state index contributed by atoms with van der Waals surface area (Å²) in [4.78, 5) is 36.3. The Morgan fingerprint density at radius 2 is 1.64 bits per heavy atom. The summed E-state index contributed by atoms with van der Waals surface area (Å²) in [5.41, 5.74) is 2.50. The van der Waals surface area contributed by atoms with Crippen molar-refractivity contribution in [2.45, 2.75) is 6.92 Å². The maximum absolute atomic E-state index is 12.2. The molecule has 0 saturated heterocycles. The Hall–Kier alpha value is -3.61. The van der Waals surface area contributed by atoms with Crippen molar-refractivity contribution >= 4 is 23.2 Å². The molecule has 0 aliphatic carbocycles. The molecular weight excluding hydrogens is 318 g/mol. The van der Waals surface area contributed by atoms with Gasteiger partial charge in [0.05, 0.1) is 17.5 Å². The number of rotatable bonds is 4. The molecule has 1 aromatic carbocycles. The number of pyridine rings is 1. The molecule has 0 spiro atoms. The lowest BCUT2D eigenvalue weighted by Crippen LogP contribution is -2.15. The van der Waals surface area contributed by atoms with Crippen LogP contribution in [0.3, 0.4) is 0 Å². The van der Waals surface area contributed by atoms with E-state index in [4.69, 9.17) is 0 Å². The van der Waals surface area contributed by atoms with Crippen LogP contribution in [0.4, 0.5) is 11.4 Å². The molecule has 3 rings (SSSR count). The average Bonchev–Trinajstić information content (AvgIpc) is 2.63. The maximum Gasteiger partial charge on any atom is 0.275 e. The van der Waals surface area contributed by atoms with Gasteiger partial charge in [-0.2, -0.15) is 0 Å². The summed E-state index contributed by atoms with van der Waals surface area (Å²) in [6.45, 7) is 1.79. The van der Waals surface area contributed by atoms with Crippen LogP contribution in [0.2, 0.25) is 0 Å². The Morgan fingerprint density at radius 1 is 0.880 bits per heavy atom. The van der Waals surface area contributed by atoms with Gasteiger partial charge in [0.1, 0.15) is 5.69 Å². The number of aryl methyl sites for hydroxylation is 1. The number of benzene rings is 1. The van der Waals surface area contributed by atoms with E-state index in [-0.39, 0.29) is 17.5 Å². The zero-order valence-corrected chi connectivity index (χ0v) is 13.4. The van der Waals surface area contributed by atoms with E-state index in [2.05, 4.69) is 25.6 Å². The second-order valence-corrected chi connectivity index (χ2v) is 5.27. The SMILES string of the molecule is Cc1cnc(C(=O)Nc2cccc(NC(=O)c3cccnc3)c2)cn1. The number of hydrogen-bond acceptors (Lipinski definition) is 5. The lowest BCUT2D eigenvalue weighted by Gasteiger charge is -2.08. The van der Waals surface area contributed by atoms with Crippen LogP contribution in [-0.4, -0.2) is 26.8 Å². The molecule has 7 nitrogen and oxygen atoms in total. The highest BCUT2D eigenvalue weighted by atomic mass is 16.2. The Bertz CT molecular complexity index is 895. The molecule has 25 heavy (non-hydrogen) atoms. The molecule has 2 N–H and O–H groups in total. The van der Waals surface area contributed by atoms with Crippen LogP contribution in [0, 0.1) is 6.92 Å². The maximum atomic E-state index is 12.2. The van der Waals surface area contributed by atoms with E-state index in [1.54, 1.807) is 49.5 Å². The van der Waals surface area contributed by atoms with Crippen molar-refractivity contribution in [3.63, 3.8) is 0 Å². The van der Waals surface area contributed by atoms with Gasteiger partial charge in [0, 0.05) is 30.0 Å². The fourth-order valence-electron chi connectivity index (χ4n) is 2.08. The summed E-state index contributed by atoms with van der Waals surface area (Å²) in [6, 6.07) is 10.2. The predicted octanol–water partition coefficient (Wildman–Crippen LogP) is 2.68. The van der Waals surface area contributed by atoms with Crippen molar-refractivity contribution in [1.29, 1.82) is 0 Å². The van der Waals surface area contributed by atoms with E-state index >= 15 is 0 Å². The summed E-state index contributed by atoms with van der Waals surface area (Å²) in [5.74, 6) is -0.649. The number of anilines is 2. The fourth-order valence-corrected chi connectivity index (χ4v) is 2.08. The molecule has 0 aliphatic rings. The Kier molecular flexibility index (Phi) is 4.75. The average molecular weight is 333 g/mol. The van der Waals surface area contributed by atoms with Gasteiger partial charge in [-0.15, -0.1) is 0 Å². The van der Waals surface area contributed by atoms with Crippen LogP contribution >= 0.6 is 0 Å². The van der Waals surface area contributed by atoms with Crippen LogP contribution in [0.25, 0.3) is 0 Å². The third kappa shape index (κ3) is 4.23. The van der Waals surface area contributed by atoms with Crippen LogP contribution < -0.4 is 10.6 Å². The number of carbonyl (C=O) groups excluding carboxylic acids is 2. The van der Waals surface area contributed by atoms with Gasteiger partial charge in [-0.1, -0.05) is 6.07 Å². The second-order valence-electron chi connectivity index (χ2n) is 5.27. The molecule has 0 fully saturated rings. The van der Waals surface area contributed by atoms with E-state index in [1.807, 2.05) is 0 Å². The van der Waals surface area contributed by atoms with Crippen molar-refractivity contribution < 1.29 is 9.59 Å². The van der Waals surface area contributed by atoms with Gasteiger partial charge in [-0.25, -0.2) is 4.98 Å². The first-order valence-corrected chi connectivity index (χ1v) is 7.53. The monoisotopic (exact) mass is 333 g/mol. The van der Waals surface area contributed by atoms with Gasteiger partial charge in [0.2, 0.25) is 0 Å². The molecule has 0 atom stereocenters. The highest BCUT2D eigenvalue weighted by molar-refractivity contribution is 6.05. The molecule has 0 radical (unpaired) electrons. The molecule has 2 aromatic heterocycles. The molecule has 0 unspecified atom stereocenters. The van der Waals surface area contributed by atoms with E-state index in [0.717, 1.165) is 5.69 Å². The number of nitrogens with zero attached hydrogens (tertiary/aromatic N) is 3. The Morgan fingerprint density at radius 3 is 2.28 bits per heavy atom. The molecule has 2 heterocycles. The van der Waals surface area contributed by atoms with Crippen molar-refractivity contribution in [3.05, 3.63) is 78.1 Å². The van der Waals surface area contributed by atoms with Crippen LogP contribution in [0.1, 0.15) is 26.5 Å². The molecule has 2 amide bonds. The minimum atomic E-state index is -0.372. The van der Waals surface area contributed by atoms with E-state index in [1.165, 1.54) is 18.6 Å². The number of nitrogens with one attached hydrogen (secondary N) is 2. The van der Waals surface area contributed by atoms with Crippen LogP contribution in [0.15, 0.2) is 61.2 Å². The molecule has 124 valence electrons. The molecule has 0 bridgehead atoms. The zero-order valence-electron chi connectivity index (χ0n) is 13.4. The van der Waals surface area contributed by atoms with Gasteiger partial charge in [-0.3, -0.25) is 19.6 Å². The molecule has 0 aliphatic heterocycles. The fraction of sp³-hybridized carbons (Fsp3) is 0.0556. The third-order valence-corrected chi connectivity index (χ3v) is 3.32. The van der Waals surface area contributed by atoms with Crippen molar-refractivity contribution in [3.8, 4) is 0 Å². The zero-order chi connectivity index (χ0) is 17.6. The van der Waals surface area contributed by atoms with Crippen molar-refractivity contribution in [2.75, 3.05) is 10.6 Å². The van der Waals surface area contributed by atoms with Crippen molar-refractivity contribution in [1.82, 2.24) is 15.0 Å². The van der Waals surface area contributed by atoms with Crippen LogP contribution in [0.5, 0.6) is 0 Å². The third-order valence-electron chi connectivity index (χ3n) is 3.32. The van der Waals surface area contributed by atoms with Gasteiger partial charge < -0.3 is 10.6 Å². The summed E-state index contributed by atoms with van der Waals surface area (Å²) < 4.78 is 0. The van der Waals surface area contributed by atoms with Crippen molar-refractivity contribution in [2.24, 2.45) is 0 Å². The normalized spacial score (nSPS) is 10.1. The molecule has 0 saturated carbocycles. The summed E-state index contributed by atoms with van der Waals surface area (Å²) >= 11 is 0. The number of aromatic nitrogens is 3. The van der Waals surface area contributed by atoms with Gasteiger partial charge in [0.25, 0.3) is 11.8 Å². The summed E-state index contributed by atoms with van der Waals surface area (Å²) in [6.07, 6.45) is 6.02. The highest BCUT2D eigenvalue weighted by Gasteiger charge is 2.10. The summed E-state index contributed by atoms with van der Waals surface area (Å²) in [7, 11) is 0. The first-order valence-electron chi connectivity index (χ1n) is 7.53. The first-order chi connectivity index (χ1) is 12.1. The van der Waals surface area contributed by atoms with E-state index in [9.17, 15) is 9.59 Å². The second kappa shape index (κ2) is 7.31. The molecule has 7 heteroatoms. The van der Waals surface area contributed by atoms with Gasteiger partial charge in [0.15, 0.2) is 0 Å². The van der Waals surface area contributed by atoms with Gasteiger partial charge in [-0.05, 0) is 37.3 Å². The minimum Gasteiger partial charge on any atom is -0.322 e. The first kappa shape index (κ1) is 16.3. The van der Waals surface area contributed by atoms with E-state index < -0.39 is 0 Å². The topological polar surface area (TPSA) is 96.9 Å². The standard InChI is InChI=1S/C18H15N5O2/c1-12-9-21-16(11-20-12)18(25)23-15-6-2-5-14(8-15)22-17(24)13-4-3-7-19-10-13/h2-11H,1H3,(H,22,24)(H,23,25). The quantitative estimate of drug-likeness (QED) is 0.765. The molecular formula is C18H15N5O2. The van der Waals surface area contributed by atoms with Gasteiger partial charge >= 0.3 is 0 Å². The van der Waals surface area contributed by atoms with E-state index in [0.29, 0.717) is 16.9 Å². The number of carbonyl (C=O) groups is 2. The Balaban J connectivity index is 1.70. The highest BCUT2D eigenvalue weighted by Crippen LogP contribution is 2.16. The largest absolute Gasteiger partial charge is 0.322 e. The predicted molar refractivity (Wildman–Crippen MR) is 93.4 cm³/mol. The minimum absolute atomic E-state index is 0.218. The number of amides is 2. The smallest absolute Gasteiger partial charge is 0.275 e. The summed E-state index contributed by atoms with van der Waals surface area (Å²) in [5, 5.41) is 5.49. The molecule has 3 aromatic rings. The Labute approximate surface area is 144 Å². The lowest BCUT2D eigenvalue weighted by molar-refractivity contribution is 0.101. The van der Waals surface area contributed by atoms with Crippen LogP contribution in [-0.2, 0) is 0 Å². The lowest BCUT2D eigenvalue weighted by atomic mass is 10.2.